The predicted octanol–water partition coefficient (Wildman–Crippen LogP) is 1.44. The molecule has 0 aliphatic rings. The second-order valence-corrected chi connectivity index (χ2v) is 4.41. The third kappa shape index (κ3) is 8.08. The zero-order valence-corrected chi connectivity index (χ0v) is 10.2. The molecule has 0 aliphatic heterocycles. The van der Waals surface area contributed by atoms with Crippen molar-refractivity contribution in [1.82, 2.24) is 10.6 Å². The minimum absolute atomic E-state index is 0.184. The van der Waals surface area contributed by atoms with Crippen LogP contribution in [0.25, 0.3) is 0 Å². The Morgan fingerprint density at radius 3 is 2.31 bits per heavy atom. The maximum atomic E-state index is 11.2. The van der Waals surface area contributed by atoms with Crippen molar-refractivity contribution in [3.8, 4) is 0 Å². The van der Waals surface area contributed by atoms with E-state index in [4.69, 9.17) is 5.11 Å². The van der Waals surface area contributed by atoms with Gasteiger partial charge in [0.25, 0.3) is 0 Å². The summed E-state index contributed by atoms with van der Waals surface area (Å²) in [5.74, 6) is -0.706. The fraction of sp³-hybridized carbons (Fsp3) is 0.818. The van der Waals surface area contributed by atoms with Gasteiger partial charge in [-0.15, -0.1) is 0 Å². The summed E-state index contributed by atoms with van der Waals surface area (Å²) in [6, 6.07) is -0.184. The van der Waals surface area contributed by atoms with Crippen LogP contribution in [0.1, 0.15) is 33.6 Å². The summed E-state index contributed by atoms with van der Waals surface area (Å²) < 4.78 is 0. The lowest BCUT2D eigenvalue weighted by Crippen LogP contribution is -2.38. The van der Waals surface area contributed by atoms with Crippen LogP contribution in [0.3, 0.4) is 0 Å². The average Bonchev–Trinajstić information content (AvgIpc) is 2.20. The van der Waals surface area contributed by atoms with E-state index >= 15 is 0 Å². The van der Waals surface area contributed by atoms with Crippen molar-refractivity contribution >= 4 is 12.0 Å². The Bertz CT molecular complexity index is 229. The molecule has 1 unspecified atom stereocenters. The molecular formula is C11H22N2O3. The van der Waals surface area contributed by atoms with Gasteiger partial charge in [-0.25, -0.2) is 4.79 Å². The van der Waals surface area contributed by atoms with Crippen LogP contribution in [0.4, 0.5) is 4.79 Å². The van der Waals surface area contributed by atoms with E-state index in [1.807, 2.05) is 13.8 Å². The van der Waals surface area contributed by atoms with Gasteiger partial charge in [0.05, 0.1) is 5.92 Å². The summed E-state index contributed by atoms with van der Waals surface area (Å²) in [4.78, 5) is 21.7. The lowest BCUT2D eigenvalue weighted by Gasteiger charge is -2.10. The maximum Gasteiger partial charge on any atom is 0.314 e. The molecule has 0 rings (SSSR count). The van der Waals surface area contributed by atoms with Crippen molar-refractivity contribution in [2.75, 3.05) is 13.1 Å². The molecule has 94 valence electrons. The number of urea groups is 1. The molecule has 0 aromatic rings. The Hall–Kier alpha value is -1.26. The smallest absolute Gasteiger partial charge is 0.314 e. The fourth-order valence-electron chi connectivity index (χ4n) is 1.09. The van der Waals surface area contributed by atoms with Gasteiger partial charge in [0.1, 0.15) is 0 Å². The monoisotopic (exact) mass is 230 g/mol. The van der Waals surface area contributed by atoms with Gasteiger partial charge in [0, 0.05) is 13.1 Å². The van der Waals surface area contributed by atoms with Crippen LogP contribution in [0.15, 0.2) is 0 Å². The third-order valence-corrected chi connectivity index (χ3v) is 2.19. The molecule has 3 N–H and O–H groups in total. The van der Waals surface area contributed by atoms with Crippen LogP contribution in [0.2, 0.25) is 0 Å². The van der Waals surface area contributed by atoms with Gasteiger partial charge in [0.2, 0.25) is 0 Å². The second kappa shape index (κ2) is 7.96. The van der Waals surface area contributed by atoms with E-state index in [0.717, 1.165) is 0 Å². The van der Waals surface area contributed by atoms with E-state index in [1.54, 1.807) is 6.92 Å². The Labute approximate surface area is 96.6 Å². The normalized spacial score (nSPS) is 12.2. The van der Waals surface area contributed by atoms with E-state index in [9.17, 15) is 9.59 Å². The molecule has 0 aliphatic carbocycles. The highest BCUT2D eigenvalue weighted by Crippen LogP contribution is 2.03. The molecule has 0 aromatic heterocycles. The van der Waals surface area contributed by atoms with Crippen LogP contribution in [0.5, 0.6) is 0 Å². The Kier molecular flexibility index (Phi) is 7.33. The standard InChI is InChI=1S/C11H22N2O3/c1-8(2)7-13-11(16)12-6-4-5-9(3)10(14)15/h8-9H,4-7H2,1-3H3,(H,14,15)(H2,12,13,16). The van der Waals surface area contributed by atoms with Crippen LogP contribution >= 0.6 is 0 Å². The first-order valence-electron chi connectivity index (χ1n) is 5.68. The van der Waals surface area contributed by atoms with E-state index in [0.29, 0.717) is 31.8 Å². The lowest BCUT2D eigenvalue weighted by molar-refractivity contribution is -0.141. The number of carbonyl (C=O) groups is 2. The average molecular weight is 230 g/mol. The molecular weight excluding hydrogens is 208 g/mol. The van der Waals surface area contributed by atoms with E-state index < -0.39 is 5.97 Å². The van der Waals surface area contributed by atoms with Gasteiger partial charge in [-0.1, -0.05) is 20.8 Å². The van der Waals surface area contributed by atoms with E-state index in [2.05, 4.69) is 10.6 Å². The van der Waals surface area contributed by atoms with Gasteiger partial charge in [-0.3, -0.25) is 4.79 Å². The van der Waals surface area contributed by atoms with Crippen molar-refractivity contribution in [3.63, 3.8) is 0 Å². The van der Waals surface area contributed by atoms with Gasteiger partial charge in [0.15, 0.2) is 0 Å². The highest BCUT2D eigenvalue weighted by molar-refractivity contribution is 5.73. The van der Waals surface area contributed by atoms with Gasteiger partial charge in [-0.2, -0.15) is 0 Å². The molecule has 16 heavy (non-hydrogen) atoms. The van der Waals surface area contributed by atoms with E-state index in [1.165, 1.54) is 0 Å². The van der Waals surface area contributed by atoms with Gasteiger partial charge >= 0.3 is 12.0 Å². The van der Waals surface area contributed by atoms with Crippen LogP contribution in [0, 0.1) is 11.8 Å². The molecule has 0 fully saturated rings. The Morgan fingerprint density at radius 2 is 1.81 bits per heavy atom. The zero-order valence-electron chi connectivity index (χ0n) is 10.2. The molecule has 5 nitrogen and oxygen atoms in total. The highest BCUT2D eigenvalue weighted by Gasteiger charge is 2.09. The summed E-state index contributed by atoms with van der Waals surface area (Å²) >= 11 is 0. The molecule has 5 heteroatoms. The van der Waals surface area contributed by atoms with Crippen LogP contribution in [-0.2, 0) is 4.79 Å². The topological polar surface area (TPSA) is 78.4 Å². The molecule has 0 heterocycles. The van der Waals surface area contributed by atoms with Crippen molar-refractivity contribution in [1.29, 1.82) is 0 Å². The van der Waals surface area contributed by atoms with Crippen molar-refractivity contribution in [3.05, 3.63) is 0 Å². The molecule has 2 amide bonds. The summed E-state index contributed by atoms with van der Waals surface area (Å²) in [7, 11) is 0. The number of rotatable bonds is 7. The number of hydrogen-bond donors (Lipinski definition) is 3. The van der Waals surface area contributed by atoms with Crippen molar-refractivity contribution in [2.24, 2.45) is 11.8 Å². The summed E-state index contributed by atoms with van der Waals surface area (Å²) in [6.07, 6.45) is 1.27. The van der Waals surface area contributed by atoms with Crippen molar-refractivity contribution in [2.45, 2.75) is 33.6 Å². The Balaban J connectivity index is 3.44. The molecule has 0 radical (unpaired) electrons. The van der Waals surface area contributed by atoms with Crippen LogP contribution < -0.4 is 10.6 Å². The van der Waals surface area contributed by atoms with Gasteiger partial charge < -0.3 is 15.7 Å². The SMILES string of the molecule is CC(C)CNC(=O)NCCCC(C)C(=O)O. The molecule has 0 saturated carbocycles. The molecule has 1 atom stereocenters. The molecule has 0 aromatic carbocycles. The zero-order chi connectivity index (χ0) is 12.6. The second-order valence-electron chi connectivity index (χ2n) is 4.41. The van der Waals surface area contributed by atoms with Crippen LogP contribution in [-0.4, -0.2) is 30.2 Å². The minimum atomic E-state index is -0.788. The first-order valence-corrected chi connectivity index (χ1v) is 5.68. The van der Waals surface area contributed by atoms with Gasteiger partial charge in [-0.05, 0) is 18.8 Å². The van der Waals surface area contributed by atoms with Crippen molar-refractivity contribution < 1.29 is 14.7 Å². The number of nitrogens with one attached hydrogen (secondary N) is 2. The highest BCUT2D eigenvalue weighted by atomic mass is 16.4. The fourth-order valence-corrected chi connectivity index (χ4v) is 1.09. The largest absolute Gasteiger partial charge is 0.481 e. The first-order chi connectivity index (χ1) is 7.43. The van der Waals surface area contributed by atoms with E-state index in [-0.39, 0.29) is 11.9 Å². The summed E-state index contributed by atoms with van der Waals surface area (Å²) in [5, 5.41) is 14.1. The Morgan fingerprint density at radius 1 is 1.19 bits per heavy atom. The number of carboxylic acids is 1. The molecule has 0 bridgehead atoms. The third-order valence-electron chi connectivity index (χ3n) is 2.19. The lowest BCUT2D eigenvalue weighted by atomic mass is 10.1. The first kappa shape index (κ1) is 14.7. The molecule has 0 saturated heterocycles. The number of aliphatic carboxylic acids is 1. The maximum absolute atomic E-state index is 11.2. The number of carboxylic acid groups (broad SMARTS) is 1. The number of carbonyl (C=O) groups excluding carboxylic acids is 1. The summed E-state index contributed by atoms with van der Waals surface area (Å²) in [6.45, 7) is 6.88. The predicted molar refractivity (Wildman–Crippen MR) is 62.3 cm³/mol. The quantitative estimate of drug-likeness (QED) is 0.579. The number of hydrogen-bond acceptors (Lipinski definition) is 2. The molecule has 0 spiro atoms. The number of amides is 2. The summed E-state index contributed by atoms with van der Waals surface area (Å²) in [5.41, 5.74) is 0. The minimum Gasteiger partial charge on any atom is -0.481 e.